The van der Waals surface area contributed by atoms with Crippen LogP contribution in [0.5, 0.6) is 0 Å². The number of pyridine rings is 1. The Labute approximate surface area is 164 Å². The van der Waals surface area contributed by atoms with Gasteiger partial charge in [-0.25, -0.2) is 14.6 Å². The molecule has 7 nitrogen and oxygen atoms in total. The number of likely N-dealkylation sites (tertiary alicyclic amines) is 1. The summed E-state index contributed by atoms with van der Waals surface area (Å²) in [4.78, 5) is 23.2. The van der Waals surface area contributed by atoms with Gasteiger partial charge in [-0.05, 0) is 60.8 Å². The summed E-state index contributed by atoms with van der Waals surface area (Å²) in [5.41, 5.74) is 3.15. The largest absolute Gasteiger partial charge is 0.344 e. The Hall–Kier alpha value is -2.96. The number of nitrogens with zero attached hydrogens (tertiary/aromatic N) is 5. The zero-order valence-corrected chi connectivity index (χ0v) is 15.8. The van der Waals surface area contributed by atoms with Crippen LogP contribution in [0.4, 0.5) is 5.82 Å². The van der Waals surface area contributed by atoms with E-state index in [0.717, 1.165) is 55.9 Å². The van der Waals surface area contributed by atoms with Crippen molar-refractivity contribution in [3.63, 3.8) is 0 Å². The molecular weight excluding hydrogens is 352 g/mol. The van der Waals surface area contributed by atoms with Crippen LogP contribution >= 0.6 is 0 Å². The van der Waals surface area contributed by atoms with Gasteiger partial charge in [0, 0.05) is 31.1 Å². The summed E-state index contributed by atoms with van der Waals surface area (Å²) >= 11 is 0. The van der Waals surface area contributed by atoms with Crippen molar-refractivity contribution in [1.29, 1.82) is 0 Å². The van der Waals surface area contributed by atoms with E-state index in [1.54, 1.807) is 24.9 Å². The molecule has 0 aromatic carbocycles. The highest BCUT2D eigenvalue weighted by molar-refractivity contribution is 5.92. The number of allylic oxidation sites excluding steroid dienone is 1. The first-order valence-electron chi connectivity index (χ1n) is 9.90. The fraction of sp³-hybridized carbons (Fsp3) is 0.429. The Morgan fingerprint density at radius 1 is 1.25 bits per heavy atom. The summed E-state index contributed by atoms with van der Waals surface area (Å²) in [6.07, 6.45) is 12.8. The number of aryl methyl sites for hydroxylation is 1. The van der Waals surface area contributed by atoms with Crippen molar-refractivity contribution < 1.29 is 4.79 Å². The molecule has 2 aromatic rings. The van der Waals surface area contributed by atoms with Gasteiger partial charge in [0.2, 0.25) is 5.91 Å². The number of anilines is 1. The van der Waals surface area contributed by atoms with Crippen molar-refractivity contribution in [3.8, 4) is 0 Å². The SMILES string of the molecule is C=C1CCc2cc(/C=C/C(=O)N3CC4CC(n5cncn5)CC4C3)cnc2N1. The molecule has 28 heavy (non-hydrogen) atoms. The molecule has 0 spiro atoms. The second-order valence-corrected chi connectivity index (χ2v) is 8.10. The Balaban J connectivity index is 1.20. The van der Waals surface area contributed by atoms with Gasteiger partial charge >= 0.3 is 0 Å². The lowest BCUT2D eigenvalue weighted by molar-refractivity contribution is -0.125. The molecule has 1 aliphatic carbocycles. The highest BCUT2D eigenvalue weighted by Gasteiger charge is 2.42. The molecule has 0 radical (unpaired) electrons. The van der Waals surface area contributed by atoms with E-state index in [-0.39, 0.29) is 5.91 Å². The molecule has 1 N–H and O–H groups in total. The average Bonchev–Trinajstić information content (AvgIpc) is 3.41. The van der Waals surface area contributed by atoms with Crippen LogP contribution in [-0.4, -0.2) is 43.6 Å². The summed E-state index contributed by atoms with van der Waals surface area (Å²) in [5.74, 6) is 2.11. The van der Waals surface area contributed by atoms with Crippen molar-refractivity contribution in [1.82, 2.24) is 24.6 Å². The van der Waals surface area contributed by atoms with Gasteiger partial charge in [-0.3, -0.25) is 4.79 Å². The third kappa shape index (κ3) is 3.21. The van der Waals surface area contributed by atoms with E-state index in [9.17, 15) is 4.79 Å². The molecule has 5 rings (SSSR count). The zero-order valence-electron chi connectivity index (χ0n) is 15.8. The van der Waals surface area contributed by atoms with Gasteiger partial charge in [-0.2, -0.15) is 5.10 Å². The van der Waals surface area contributed by atoms with Gasteiger partial charge in [0.15, 0.2) is 0 Å². The first-order valence-corrected chi connectivity index (χ1v) is 9.90. The number of fused-ring (bicyclic) bond motifs is 2. The topological polar surface area (TPSA) is 75.9 Å². The average molecular weight is 376 g/mol. The molecular formula is C21H24N6O. The molecule has 1 saturated carbocycles. The molecule has 144 valence electrons. The van der Waals surface area contributed by atoms with Crippen LogP contribution in [0.3, 0.4) is 0 Å². The molecule has 1 amide bonds. The Bertz CT molecular complexity index is 920. The highest BCUT2D eigenvalue weighted by Crippen LogP contribution is 2.43. The second-order valence-electron chi connectivity index (χ2n) is 8.10. The van der Waals surface area contributed by atoms with Gasteiger partial charge in [-0.15, -0.1) is 0 Å². The standard InChI is InChI=1S/C21H24N6O/c1-14-2-4-16-6-15(9-23-21(16)25-14)3-5-20(28)26-10-17-7-19(8-18(17)11-26)27-13-22-12-24-27/h3,5-6,9,12-13,17-19H,1-2,4,7-8,10-11H2,(H,23,25)/b5-3+. The summed E-state index contributed by atoms with van der Waals surface area (Å²) in [6, 6.07) is 2.53. The zero-order chi connectivity index (χ0) is 19.1. The number of carbonyl (C=O) groups excluding carboxylic acids is 1. The first-order chi connectivity index (χ1) is 13.7. The van der Waals surface area contributed by atoms with Gasteiger partial charge in [-0.1, -0.05) is 6.58 Å². The molecule has 2 unspecified atom stereocenters. The van der Waals surface area contributed by atoms with Crippen molar-refractivity contribution >= 4 is 17.8 Å². The fourth-order valence-electron chi connectivity index (χ4n) is 4.78. The van der Waals surface area contributed by atoms with E-state index in [2.05, 4.69) is 33.0 Å². The first kappa shape index (κ1) is 17.2. The lowest BCUT2D eigenvalue weighted by Crippen LogP contribution is -2.28. The van der Waals surface area contributed by atoms with E-state index in [0.29, 0.717) is 17.9 Å². The molecule has 7 heteroatoms. The smallest absolute Gasteiger partial charge is 0.246 e. The summed E-state index contributed by atoms with van der Waals surface area (Å²) in [5, 5.41) is 7.49. The van der Waals surface area contributed by atoms with Crippen LogP contribution in [0.1, 0.15) is 36.4 Å². The highest BCUT2D eigenvalue weighted by atomic mass is 16.2. The van der Waals surface area contributed by atoms with Crippen molar-refractivity contribution in [2.24, 2.45) is 11.8 Å². The number of aromatic nitrogens is 4. The summed E-state index contributed by atoms with van der Waals surface area (Å²) in [6.45, 7) is 5.64. The maximum absolute atomic E-state index is 12.7. The summed E-state index contributed by atoms with van der Waals surface area (Å²) in [7, 11) is 0. The lowest BCUT2D eigenvalue weighted by atomic mass is 10.0. The predicted molar refractivity (Wildman–Crippen MR) is 106 cm³/mol. The van der Waals surface area contributed by atoms with Crippen LogP contribution < -0.4 is 5.32 Å². The Kier molecular flexibility index (Phi) is 4.22. The summed E-state index contributed by atoms with van der Waals surface area (Å²) < 4.78 is 1.97. The van der Waals surface area contributed by atoms with Crippen LogP contribution in [0.15, 0.2) is 43.3 Å². The molecule has 2 fully saturated rings. The van der Waals surface area contributed by atoms with Crippen LogP contribution in [0.2, 0.25) is 0 Å². The molecule has 0 bridgehead atoms. The van der Waals surface area contributed by atoms with Crippen LogP contribution in [-0.2, 0) is 11.2 Å². The molecule has 2 aliphatic heterocycles. The normalized spacial score (nSPS) is 26.4. The third-order valence-electron chi connectivity index (χ3n) is 6.25. The number of nitrogens with one attached hydrogen (secondary N) is 1. The van der Waals surface area contributed by atoms with Crippen LogP contribution in [0.25, 0.3) is 6.08 Å². The fourth-order valence-corrected chi connectivity index (χ4v) is 4.78. The van der Waals surface area contributed by atoms with Crippen LogP contribution in [0, 0.1) is 11.8 Å². The maximum atomic E-state index is 12.7. The minimum Gasteiger partial charge on any atom is -0.344 e. The minimum atomic E-state index is 0.0935. The molecule has 2 atom stereocenters. The molecule has 2 aromatic heterocycles. The second kappa shape index (κ2) is 6.89. The molecule has 4 heterocycles. The van der Waals surface area contributed by atoms with Gasteiger partial charge < -0.3 is 10.2 Å². The Morgan fingerprint density at radius 2 is 2.07 bits per heavy atom. The van der Waals surface area contributed by atoms with Crippen molar-refractivity contribution in [3.05, 3.63) is 54.4 Å². The number of hydrogen-bond acceptors (Lipinski definition) is 5. The number of amides is 1. The number of rotatable bonds is 3. The van der Waals surface area contributed by atoms with Gasteiger partial charge in [0.05, 0.1) is 6.04 Å². The van der Waals surface area contributed by atoms with Crippen molar-refractivity contribution in [2.45, 2.75) is 31.7 Å². The minimum absolute atomic E-state index is 0.0935. The van der Waals surface area contributed by atoms with E-state index < -0.39 is 0 Å². The Morgan fingerprint density at radius 3 is 2.82 bits per heavy atom. The molecule has 1 saturated heterocycles. The predicted octanol–water partition coefficient (Wildman–Crippen LogP) is 2.67. The van der Waals surface area contributed by atoms with E-state index in [1.165, 1.54) is 5.56 Å². The lowest BCUT2D eigenvalue weighted by Gasteiger charge is -2.19. The molecule has 3 aliphatic rings. The maximum Gasteiger partial charge on any atom is 0.246 e. The monoisotopic (exact) mass is 376 g/mol. The van der Waals surface area contributed by atoms with E-state index in [1.807, 2.05) is 15.7 Å². The van der Waals surface area contributed by atoms with E-state index in [4.69, 9.17) is 0 Å². The number of hydrogen-bond donors (Lipinski definition) is 1. The quantitative estimate of drug-likeness (QED) is 0.834. The third-order valence-corrected chi connectivity index (χ3v) is 6.25. The van der Waals surface area contributed by atoms with E-state index >= 15 is 0 Å². The number of carbonyl (C=O) groups is 1. The van der Waals surface area contributed by atoms with Crippen molar-refractivity contribution in [2.75, 3.05) is 18.4 Å². The van der Waals surface area contributed by atoms with Gasteiger partial charge in [0.25, 0.3) is 0 Å². The van der Waals surface area contributed by atoms with Gasteiger partial charge in [0.1, 0.15) is 18.5 Å².